The highest BCUT2D eigenvalue weighted by Crippen LogP contribution is 2.43. The van der Waals surface area contributed by atoms with E-state index in [1.54, 1.807) is 7.11 Å². The molecule has 1 saturated heterocycles. The molecule has 2 fully saturated rings. The van der Waals surface area contributed by atoms with E-state index in [2.05, 4.69) is 6.92 Å². The van der Waals surface area contributed by atoms with Gasteiger partial charge in [0, 0.05) is 25.9 Å². The van der Waals surface area contributed by atoms with Gasteiger partial charge in [-0.1, -0.05) is 13.8 Å². The van der Waals surface area contributed by atoms with E-state index in [0.717, 1.165) is 19.1 Å². The maximum Gasteiger partial charge on any atom is 0.146 e. The van der Waals surface area contributed by atoms with Gasteiger partial charge in [-0.2, -0.15) is 0 Å². The van der Waals surface area contributed by atoms with Crippen LogP contribution in [0.3, 0.4) is 0 Å². The number of aliphatic hydroxyl groups excluding tert-OH is 1. The molecule has 1 aliphatic heterocycles. The lowest BCUT2D eigenvalue weighted by atomic mass is 9.87. The topological polar surface area (TPSA) is 65.0 Å². The van der Waals surface area contributed by atoms with Crippen LogP contribution in [-0.4, -0.2) is 49.7 Å². The first kappa shape index (κ1) is 16.9. The highest BCUT2D eigenvalue weighted by atomic mass is 16.7. The Hall–Kier alpha value is -0.490. The van der Waals surface area contributed by atoms with Gasteiger partial charge in [-0.25, -0.2) is 0 Å². The minimum atomic E-state index is -0.307. The molecule has 5 nitrogen and oxygen atoms in total. The van der Waals surface area contributed by atoms with Crippen LogP contribution in [0.5, 0.6) is 0 Å². The Kier molecular flexibility index (Phi) is 6.17. The molecule has 0 radical (unpaired) electrons. The van der Waals surface area contributed by atoms with Crippen LogP contribution >= 0.6 is 0 Å². The summed E-state index contributed by atoms with van der Waals surface area (Å²) in [6.45, 7) is 4.46. The molecule has 1 N–H and O–H groups in total. The Morgan fingerprint density at radius 3 is 2.67 bits per heavy atom. The Labute approximate surface area is 126 Å². The third-order valence-corrected chi connectivity index (χ3v) is 4.93. The standard InChI is InChI=1S/C16H28O5/c1-10-6-13(10)14(18)7-12-8-16(20-9-19-3)11(2)15(21-12)4-5-17/h5,10-16,18H,4,6-9H2,1-3H3/t10-,11+,12-,13-,14+,15+,16+/m1/s1. The lowest BCUT2D eigenvalue weighted by Gasteiger charge is -2.40. The molecule has 1 heterocycles. The van der Waals surface area contributed by atoms with E-state index in [1.807, 2.05) is 6.92 Å². The van der Waals surface area contributed by atoms with Crippen LogP contribution in [0.15, 0.2) is 0 Å². The number of aliphatic hydroxyl groups is 1. The van der Waals surface area contributed by atoms with E-state index in [1.165, 1.54) is 0 Å². The Balaban J connectivity index is 1.91. The fraction of sp³-hybridized carbons (Fsp3) is 0.938. The van der Waals surface area contributed by atoms with E-state index in [4.69, 9.17) is 14.2 Å². The summed E-state index contributed by atoms with van der Waals surface area (Å²) in [7, 11) is 1.60. The third-order valence-electron chi connectivity index (χ3n) is 4.93. The normalized spacial score (nSPS) is 40.8. The summed E-state index contributed by atoms with van der Waals surface area (Å²) in [6, 6.07) is 0. The van der Waals surface area contributed by atoms with Gasteiger partial charge in [-0.15, -0.1) is 0 Å². The monoisotopic (exact) mass is 300 g/mol. The van der Waals surface area contributed by atoms with E-state index < -0.39 is 0 Å². The number of ether oxygens (including phenoxy) is 3. The quantitative estimate of drug-likeness (QED) is 0.546. The summed E-state index contributed by atoms with van der Waals surface area (Å²) < 4.78 is 16.7. The molecule has 21 heavy (non-hydrogen) atoms. The fourth-order valence-electron chi connectivity index (χ4n) is 3.36. The Morgan fingerprint density at radius 1 is 1.38 bits per heavy atom. The first-order valence-electron chi connectivity index (χ1n) is 7.94. The van der Waals surface area contributed by atoms with E-state index in [-0.39, 0.29) is 37.1 Å². The molecule has 1 aliphatic carbocycles. The molecule has 0 aromatic carbocycles. The SMILES string of the molecule is COCO[C@H]1C[C@@H](C[C@H](O)[C@@H]2C[C@H]2C)O[C@@H](CC=O)[C@@H]1C. The van der Waals surface area contributed by atoms with Crippen LogP contribution in [0.2, 0.25) is 0 Å². The van der Waals surface area contributed by atoms with Crippen molar-refractivity contribution in [2.24, 2.45) is 17.8 Å². The molecule has 0 amide bonds. The molecule has 7 atom stereocenters. The number of aldehydes is 1. The number of methoxy groups -OCH3 is 1. The lowest BCUT2D eigenvalue weighted by Crippen LogP contribution is -2.45. The smallest absolute Gasteiger partial charge is 0.146 e. The first-order valence-corrected chi connectivity index (χ1v) is 7.94. The average molecular weight is 300 g/mol. The molecule has 122 valence electrons. The number of carbonyl (C=O) groups is 1. The van der Waals surface area contributed by atoms with Crippen molar-refractivity contribution in [3.8, 4) is 0 Å². The largest absolute Gasteiger partial charge is 0.393 e. The van der Waals surface area contributed by atoms with Crippen LogP contribution in [-0.2, 0) is 19.0 Å². The van der Waals surface area contributed by atoms with Crippen LogP contribution < -0.4 is 0 Å². The van der Waals surface area contributed by atoms with E-state index in [0.29, 0.717) is 24.7 Å². The zero-order valence-corrected chi connectivity index (χ0v) is 13.2. The summed E-state index contributed by atoms with van der Waals surface area (Å²) in [4.78, 5) is 10.8. The molecule has 5 heteroatoms. The molecule has 0 unspecified atom stereocenters. The van der Waals surface area contributed by atoms with Crippen molar-refractivity contribution >= 4 is 6.29 Å². The first-order chi connectivity index (χ1) is 10.1. The van der Waals surface area contributed by atoms with Gasteiger partial charge in [0.1, 0.15) is 13.1 Å². The number of hydrogen-bond donors (Lipinski definition) is 1. The van der Waals surface area contributed by atoms with Gasteiger partial charge in [0.05, 0.1) is 24.4 Å². The summed E-state index contributed by atoms with van der Waals surface area (Å²) in [5.41, 5.74) is 0. The van der Waals surface area contributed by atoms with Crippen LogP contribution in [0, 0.1) is 17.8 Å². The second-order valence-corrected chi connectivity index (χ2v) is 6.59. The van der Waals surface area contributed by atoms with Crippen molar-refractivity contribution in [2.45, 2.75) is 63.9 Å². The van der Waals surface area contributed by atoms with Gasteiger partial charge in [0.25, 0.3) is 0 Å². The highest BCUT2D eigenvalue weighted by molar-refractivity contribution is 5.50. The zero-order valence-electron chi connectivity index (χ0n) is 13.2. The molecule has 0 aromatic heterocycles. The Morgan fingerprint density at radius 2 is 2.10 bits per heavy atom. The van der Waals surface area contributed by atoms with Gasteiger partial charge in [-0.3, -0.25) is 0 Å². The molecule has 0 spiro atoms. The summed E-state index contributed by atoms with van der Waals surface area (Å²) in [5.74, 6) is 1.18. The highest BCUT2D eigenvalue weighted by Gasteiger charge is 2.42. The van der Waals surface area contributed by atoms with Gasteiger partial charge >= 0.3 is 0 Å². The van der Waals surface area contributed by atoms with E-state index >= 15 is 0 Å². The maximum absolute atomic E-state index is 10.8. The average Bonchev–Trinajstić information content (AvgIpc) is 3.18. The predicted molar refractivity (Wildman–Crippen MR) is 77.8 cm³/mol. The molecular weight excluding hydrogens is 272 g/mol. The Bertz CT molecular complexity index is 335. The molecule has 0 aromatic rings. The number of hydrogen-bond acceptors (Lipinski definition) is 5. The number of rotatable bonds is 8. The molecule has 1 saturated carbocycles. The summed E-state index contributed by atoms with van der Waals surface area (Å²) in [6.07, 6.45) is 3.28. The predicted octanol–water partition coefficient (Wildman–Crippen LogP) is 1.77. The maximum atomic E-state index is 10.8. The van der Waals surface area contributed by atoms with Crippen LogP contribution in [0.25, 0.3) is 0 Å². The van der Waals surface area contributed by atoms with Crippen molar-refractivity contribution < 1.29 is 24.1 Å². The summed E-state index contributed by atoms with van der Waals surface area (Å²) >= 11 is 0. The molecule has 2 rings (SSSR count). The van der Waals surface area contributed by atoms with Crippen LogP contribution in [0.1, 0.15) is 39.5 Å². The lowest BCUT2D eigenvalue weighted by molar-refractivity contribution is -0.182. The van der Waals surface area contributed by atoms with Crippen molar-refractivity contribution in [3.05, 3.63) is 0 Å². The molecular formula is C16H28O5. The number of carbonyl (C=O) groups excluding carboxylic acids is 1. The summed E-state index contributed by atoms with van der Waals surface area (Å²) in [5, 5.41) is 10.2. The third kappa shape index (κ3) is 4.49. The second kappa shape index (κ2) is 7.68. The van der Waals surface area contributed by atoms with E-state index in [9.17, 15) is 9.90 Å². The van der Waals surface area contributed by atoms with Crippen LogP contribution in [0.4, 0.5) is 0 Å². The van der Waals surface area contributed by atoms with Gasteiger partial charge in [0.2, 0.25) is 0 Å². The molecule has 2 aliphatic rings. The van der Waals surface area contributed by atoms with Gasteiger partial charge in [0.15, 0.2) is 0 Å². The van der Waals surface area contributed by atoms with Crippen molar-refractivity contribution in [1.82, 2.24) is 0 Å². The van der Waals surface area contributed by atoms with Gasteiger partial charge < -0.3 is 24.1 Å². The van der Waals surface area contributed by atoms with Gasteiger partial charge in [-0.05, 0) is 24.7 Å². The fourth-order valence-corrected chi connectivity index (χ4v) is 3.36. The van der Waals surface area contributed by atoms with Crippen molar-refractivity contribution in [2.75, 3.05) is 13.9 Å². The second-order valence-electron chi connectivity index (χ2n) is 6.59. The van der Waals surface area contributed by atoms with Crippen molar-refractivity contribution in [3.63, 3.8) is 0 Å². The van der Waals surface area contributed by atoms with Crippen molar-refractivity contribution in [1.29, 1.82) is 0 Å². The minimum Gasteiger partial charge on any atom is -0.393 e. The minimum absolute atomic E-state index is 0.0116. The zero-order chi connectivity index (χ0) is 15.4. The molecule has 0 bridgehead atoms.